The van der Waals surface area contributed by atoms with Crippen molar-refractivity contribution in [2.24, 2.45) is 11.0 Å². The average molecular weight is 383 g/mol. The zero-order chi connectivity index (χ0) is 20.3. The lowest BCUT2D eigenvalue weighted by atomic mass is 9.85. The van der Waals surface area contributed by atoms with Gasteiger partial charge in [0.25, 0.3) is 0 Å². The van der Waals surface area contributed by atoms with E-state index in [1.807, 2.05) is 36.4 Å². The molecule has 29 heavy (non-hydrogen) atoms. The molecule has 0 bridgehead atoms. The van der Waals surface area contributed by atoms with Gasteiger partial charge in [-0.15, -0.1) is 0 Å². The summed E-state index contributed by atoms with van der Waals surface area (Å²) >= 11 is 0. The zero-order valence-corrected chi connectivity index (χ0v) is 15.6. The number of nitrogens with one attached hydrogen (secondary N) is 1. The molecule has 0 unspecified atom stereocenters. The number of hydrazone groups is 1. The molecule has 0 saturated heterocycles. The molecule has 1 fully saturated rings. The lowest BCUT2D eigenvalue weighted by Gasteiger charge is -2.18. The van der Waals surface area contributed by atoms with Gasteiger partial charge in [0.15, 0.2) is 0 Å². The van der Waals surface area contributed by atoms with Gasteiger partial charge in [-0.2, -0.15) is 5.10 Å². The standard InChI is InChI=1S/C24H20N2O3/c27-22(26-25-16-17-11-13-18(14-12-17)23(28)29)21-15-24(21,19-7-3-1-4-8-19)20-9-5-2-6-10-20/h1-14,16,21H,15H2,(H,26,27)(H,28,29)/p-1/t21-/m1/s1. The number of carbonyl (C=O) groups excluding carboxylic acids is 2. The minimum atomic E-state index is -1.23. The Kier molecular flexibility index (Phi) is 4.96. The van der Waals surface area contributed by atoms with Crippen LogP contribution in [-0.4, -0.2) is 18.1 Å². The lowest BCUT2D eigenvalue weighted by Crippen LogP contribution is -2.25. The molecule has 3 aromatic carbocycles. The van der Waals surface area contributed by atoms with Crippen molar-refractivity contribution in [3.63, 3.8) is 0 Å². The van der Waals surface area contributed by atoms with E-state index in [1.165, 1.54) is 18.3 Å². The second kappa shape index (κ2) is 7.72. The lowest BCUT2D eigenvalue weighted by molar-refractivity contribution is -0.255. The number of rotatable bonds is 6. The Labute approximate surface area is 168 Å². The number of benzene rings is 3. The predicted molar refractivity (Wildman–Crippen MR) is 108 cm³/mol. The summed E-state index contributed by atoms with van der Waals surface area (Å²) in [5.41, 5.74) is 5.31. The number of hydrogen-bond acceptors (Lipinski definition) is 4. The number of hydrogen-bond donors (Lipinski definition) is 1. The highest BCUT2D eigenvalue weighted by Gasteiger charge is 2.60. The Morgan fingerprint density at radius 1 is 0.897 bits per heavy atom. The highest BCUT2D eigenvalue weighted by Crippen LogP contribution is 2.58. The normalized spacial score (nSPS) is 17.0. The van der Waals surface area contributed by atoms with E-state index in [2.05, 4.69) is 34.8 Å². The molecule has 0 aliphatic heterocycles. The minimum absolute atomic E-state index is 0.0969. The Morgan fingerprint density at radius 2 is 1.45 bits per heavy atom. The van der Waals surface area contributed by atoms with E-state index in [0.29, 0.717) is 5.56 Å². The smallest absolute Gasteiger partial charge is 0.244 e. The Bertz CT molecular complexity index is 1010. The maximum absolute atomic E-state index is 12.8. The number of amides is 1. The average Bonchev–Trinajstić information content (AvgIpc) is 3.52. The SMILES string of the molecule is O=C([O-])c1ccc(C=NNC(=O)[C@H]2CC2(c2ccccc2)c2ccccc2)cc1. The molecule has 4 rings (SSSR count). The first-order chi connectivity index (χ1) is 14.1. The molecule has 5 heteroatoms. The molecule has 1 aliphatic rings. The molecule has 3 aromatic rings. The fourth-order valence-electron chi connectivity index (χ4n) is 3.81. The van der Waals surface area contributed by atoms with Crippen LogP contribution in [0.3, 0.4) is 0 Å². The van der Waals surface area contributed by atoms with Crippen molar-refractivity contribution in [3.8, 4) is 0 Å². The Balaban J connectivity index is 1.49. The topological polar surface area (TPSA) is 81.6 Å². The summed E-state index contributed by atoms with van der Waals surface area (Å²) in [7, 11) is 0. The minimum Gasteiger partial charge on any atom is -0.545 e. The van der Waals surface area contributed by atoms with Crippen LogP contribution >= 0.6 is 0 Å². The fourth-order valence-corrected chi connectivity index (χ4v) is 3.81. The molecular weight excluding hydrogens is 364 g/mol. The molecule has 0 spiro atoms. The molecule has 1 amide bonds. The summed E-state index contributed by atoms with van der Waals surface area (Å²) in [5, 5.41) is 14.8. The third kappa shape index (κ3) is 3.67. The summed E-state index contributed by atoms with van der Waals surface area (Å²) < 4.78 is 0. The van der Waals surface area contributed by atoms with Crippen molar-refractivity contribution < 1.29 is 14.7 Å². The van der Waals surface area contributed by atoms with Crippen molar-refractivity contribution in [3.05, 3.63) is 107 Å². The maximum Gasteiger partial charge on any atom is 0.244 e. The fraction of sp³-hybridized carbons (Fsp3) is 0.125. The molecule has 5 nitrogen and oxygen atoms in total. The van der Waals surface area contributed by atoms with E-state index < -0.39 is 5.97 Å². The van der Waals surface area contributed by atoms with E-state index in [0.717, 1.165) is 17.5 Å². The van der Waals surface area contributed by atoms with Gasteiger partial charge in [0.05, 0.1) is 18.1 Å². The Hall–Kier alpha value is -3.73. The summed E-state index contributed by atoms with van der Waals surface area (Å²) in [6, 6.07) is 26.2. The van der Waals surface area contributed by atoms with Gasteiger partial charge in [0.1, 0.15) is 0 Å². The van der Waals surface area contributed by atoms with Crippen LogP contribution < -0.4 is 10.5 Å². The van der Waals surface area contributed by atoms with Gasteiger partial charge < -0.3 is 9.90 Å². The molecule has 1 atom stereocenters. The molecule has 0 aromatic heterocycles. The van der Waals surface area contributed by atoms with Crippen molar-refractivity contribution in [1.29, 1.82) is 0 Å². The second-order valence-electron chi connectivity index (χ2n) is 7.10. The van der Waals surface area contributed by atoms with Gasteiger partial charge in [-0.25, -0.2) is 5.43 Å². The summed E-state index contributed by atoms with van der Waals surface area (Å²) in [6.45, 7) is 0. The van der Waals surface area contributed by atoms with Crippen LogP contribution in [0.4, 0.5) is 0 Å². The predicted octanol–water partition coefficient (Wildman–Crippen LogP) is 2.51. The zero-order valence-electron chi connectivity index (χ0n) is 15.6. The Morgan fingerprint density at radius 3 is 1.97 bits per heavy atom. The largest absolute Gasteiger partial charge is 0.545 e. The number of carboxylic acid groups (broad SMARTS) is 1. The molecule has 0 heterocycles. The number of nitrogens with zero attached hydrogens (tertiary/aromatic N) is 1. The summed E-state index contributed by atoms with van der Waals surface area (Å²) in [5.74, 6) is -1.57. The van der Waals surface area contributed by atoms with Crippen LogP contribution in [-0.2, 0) is 10.2 Å². The summed E-state index contributed by atoms with van der Waals surface area (Å²) in [6.07, 6.45) is 2.22. The quantitative estimate of drug-likeness (QED) is 0.525. The van der Waals surface area contributed by atoms with E-state index >= 15 is 0 Å². The van der Waals surface area contributed by atoms with Gasteiger partial charge in [0, 0.05) is 5.41 Å². The highest BCUT2D eigenvalue weighted by atomic mass is 16.4. The number of carboxylic acids is 1. The molecule has 0 radical (unpaired) electrons. The van der Waals surface area contributed by atoms with Gasteiger partial charge >= 0.3 is 0 Å². The van der Waals surface area contributed by atoms with Gasteiger partial charge in [-0.05, 0) is 28.7 Å². The maximum atomic E-state index is 12.8. The van der Waals surface area contributed by atoms with Crippen LogP contribution in [0.5, 0.6) is 0 Å². The highest BCUT2D eigenvalue weighted by molar-refractivity contribution is 5.89. The first-order valence-electron chi connectivity index (χ1n) is 9.36. The first-order valence-corrected chi connectivity index (χ1v) is 9.36. The monoisotopic (exact) mass is 383 g/mol. The van der Waals surface area contributed by atoms with Crippen LogP contribution in [0, 0.1) is 5.92 Å². The van der Waals surface area contributed by atoms with Crippen molar-refractivity contribution in [1.82, 2.24) is 5.43 Å². The van der Waals surface area contributed by atoms with Crippen molar-refractivity contribution in [2.75, 3.05) is 0 Å². The van der Waals surface area contributed by atoms with Crippen molar-refractivity contribution >= 4 is 18.1 Å². The first kappa shape index (κ1) is 18.6. The van der Waals surface area contributed by atoms with Crippen LogP contribution in [0.1, 0.15) is 33.5 Å². The van der Waals surface area contributed by atoms with Gasteiger partial charge in [-0.3, -0.25) is 4.79 Å². The number of aromatic carboxylic acids is 1. The van der Waals surface area contributed by atoms with Gasteiger partial charge in [-0.1, -0.05) is 84.9 Å². The second-order valence-corrected chi connectivity index (χ2v) is 7.10. The van der Waals surface area contributed by atoms with E-state index in [4.69, 9.17) is 0 Å². The third-order valence-corrected chi connectivity index (χ3v) is 5.39. The van der Waals surface area contributed by atoms with Crippen molar-refractivity contribution in [2.45, 2.75) is 11.8 Å². The number of carbonyl (C=O) groups is 2. The molecular formula is C24H19N2O3-. The molecule has 144 valence electrons. The summed E-state index contributed by atoms with van der Waals surface area (Å²) in [4.78, 5) is 23.6. The van der Waals surface area contributed by atoms with E-state index in [9.17, 15) is 14.7 Å². The van der Waals surface area contributed by atoms with Crippen LogP contribution in [0.25, 0.3) is 0 Å². The van der Waals surface area contributed by atoms with Gasteiger partial charge in [0.2, 0.25) is 5.91 Å². The van der Waals surface area contributed by atoms with Crippen LogP contribution in [0.2, 0.25) is 0 Å². The molecule has 1 aliphatic carbocycles. The van der Waals surface area contributed by atoms with E-state index in [1.54, 1.807) is 12.1 Å². The molecule has 1 N–H and O–H groups in total. The van der Waals surface area contributed by atoms with E-state index in [-0.39, 0.29) is 22.8 Å². The van der Waals surface area contributed by atoms with Crippen LogP contribution in [0.15, 0.2) is 90.0 Å². The third-order valence-electron chi connectivity index (χ3n) is 5.39. The molecule has 1 saturated carbocycles.